The zero-order valence-corrected chi connectivity index (χ0v) is 12.3. The Hall–Kier alpha value is -0.600. The Kier molecular flexibility index (Phi) is 4.63. The standard InChI is InChI=1S/C14H20Cl2N2/c1-2-18(10-6-4-3-5-7-10)14-9-12(16)11(15)8-13(14)17/h8-10H,2-7,17H2,1H3. The maximum absolute atomic E-state index is 6.11. The average molecular weight is 287 g/mol. The first-order valence-corrected chi connectivity index (χ1v) is 7.40. The molecule has 1 saturated carbocycles. The van der Waals surface area contributed by atoms with Gasteiger partial charge in [0.1, 0.15) is 0 Å². The topological polar surface area (TPSA) is 29.3 Å². The van der Waals surface area contributed by atoms with Crippen molar-refractivity contribution in [2.24, 2.45) is 0 Å². The van der Waals surface area contributed by atoms with E-state index in [2.05, 4.69) is 11.8 Å². The second kappa shape index (κ2) is 6.03. The molecule has 0 bridgehead atoms. The molecule has 0 aromatic heterocycles. The van der Waals surface area contributed by atoms with E-state index >= 15 is 0 Å². The zero-order valence-electron chi connectivity index (χ0n) is 10.8. The third kappa shape index (κ3) is 2.86. The summed E-state index contributed by atoms with van der Waals surface area (Å²) in [5.41, 5.74) is 7.83. The lowest BCUT2D eigenvalue weighted by molar-refractivity contribution is 0.418. The minimum atomic E-state index is 0.526. The number of rotatable bonds is 3. The van der Waals surface area contributed by atoms with E-state index in [1.165, 1.54) is 32.1 Å². The quantitative estimate of drug-likeness (QED) is 0.814. The van der Waals surface area contributed by atoms with Crippen LogP contribution in [0.3, 0.4) is 0 Å². The van der Waals surface area contributed by atoms with Crippen LogP contribution >= 0.6 is 23.2 Å². The van der Waals surface area contributed by atoms with Crippen LogP contribution in [0.25, 0.3) is 0 Å². The first-order chi connectivity index (χ1) is 8.63. The largest absolute Gasteiger partial charge is 0.397 e. The first kappa shape index (κ1) is 13.8. The van der Waals surface area contributed by atoms with Crippen molar-refractivity contribution in [1.29, 1.82) is 0 Å². The van der Waals surface area contributed by atoms with Crippen molar-refractivity contribution in [3.63, 3.8) is 0 Å². The molecule has 2 rings (SSSR count). The maximum Gasteiger partial charge on any atom is 0.0618 e. The summed E-state index contributed by atoms with van der Waals surface area (Å²) in [6.07, 6.45) is 6.46. The summed E-state index contributed by atoms with van der Waals surface area (Å²) >= 11 is 12.1. The highest BCUT2D eigenvalue weighted by Gasteiger charge is 2.22. The fourth-order valence-corrected chi connectivity index (χ4v) is 3.15. The Labute approximate surface area is 119 Å². The van der Waals surface area contributed by atoms with Gasteiger partial charge in [-0.05, 0) is 31.9 Å². The monoisotopic (exact) mass is 286 g/mol. The van der Waals surface area contributed by atoms with Crippen molar-refractivity contribution in [3.8, 4) is 0 Å². The van der Waals surface area contributed by atoms with E-state index in [9.17, 15) is 0 Å². The van der Waals surface area contributed by atoms with E-state index in [1.54, 1.807) is 6.07 Å². The zero-order chi connectivity index (χ0) is 13.1. The fraction of sp³-hybridized carbons (Fsp3) is 0.571. The van der Waals surface area contributed by atoms with Gasteiger partial charge >= 0.3 is 0 Å². The van der Waals surface area contributed by atoms with Gasteiger partial charge in [-0.25, -0.2) is 0 Å². The first-order valence-electron chi connectivity index (χ1n) is 6.64. The molecule has 1 aromatic carbocycles. The molecule has 1 aliphatic rings. The summed E-state index contributed by atoms with van der Waals surface area (Å²) in [5, 5.41) is 1.10. The van der Waals surface area contributed by atoms with Crippen LogP contribution < -0.4 is 10.6 Å². The molecule has 2 N–H and O–H groups in total. The van der Waals surface area contributed by atoms with Crippen molar-refractivity contribution in [3.05, 3.63) is 22.2 Å². The summed E-state index contributed by atoms with van der Waals surface area (Å²) in [4.78, 5) is 2.37. The number of nitrogens with zero attached hydrogens (tertiary/aromatic N) is 1. The molecule has 0 heterocycles. The molecule has 2 nitrogen and oxygen atoms in total. The van der Waals surface area contributed by atoms with E-state index in [1.807, 2.05) is 6.07 Å². The van der Waals surface area contributed by atoms with Gasteiger partial charge in [-0.2, -0.15) is 0 Å². The molecule has 0 unspecified atom stereocenters. The highest BCUT2D eigenvalue weighted by atomic mass is 35.5. The van der Waals surface area contributed by atoms with Crippen molar-refractivity contribution in [2.75, 3.05) is 17.2 Å². The van der Waals surface area contributed by atoms with E-state index in [0.717, 1.165) is 17.9 Å². The molecule has 0 aliphatic heterocycles. The van der Waals surface area contributed by atoms with Crippen molar-refractivity contribution in [2.45, 2.75) is 45.1 Å². The van der Waals surface area contributed by atoms with Crippen molar-refractivity contribution < 1.29 is 0 Å². The molecular weight excluding hydrogens is 267 g/mol. The molecule has 18 heavy (non-hydrogen) atoms. The fourth-order valence-electron chi connectivity index (χ4n) is 2.82. The molecule has 0 atom stereocenters. The molecule has 4 heteroatoms. The van der Waals surface area contributed by atoms with Crippen LogP contribution in [-0.4, -0.2) is 12.6 Å². The number of nitrogen functional groups attached to an aromatic ring is 1. The van der Waals surface area contributed by atoms with Crippen LogP contribution in [0.2, 0.25) is 10.0 Å². The van der Waals surface area contributed by atoms with Gasteiger partial charge in [-0.1, -0.05) is 42.5 Å². The smallest absolute Gasteiger partial charge is 0.0618 e. The maximum atomic E-state index is 6.11. The second-order valence-corrected chi connectivity index (χ2v) is 5.72. The third-order valence-corrected chi connectivity index (χ3v) is 4.46. The summed E-state index contributed by atoms with van der Waals surface area (Å²) in [7, 11) is 0. The lowest BCUT2D eigenvalue weighted by Gasteiger charge is -2.36. The SMILES string of the molecule is CCN(c1cc(Cl)c(Cl)cc1N)C1CCCCC1. The molecule has 0 amide bonds. The minimum absolute atomic E-state index is 0.526. The number of nitrogens with two attached hydrogens (primary N) is 1. The van der Waals surface area contributed by atoms with Gasteiger partial charge in [-0.3, -0.25) is 0 Å². The van der Waals surface area contributed by atoms with Crippen LogP contribution in [0.4, 0.5) is 11.4 Å². The van der Waals surface area contributed by atoms with E-state index in [-0.39, 0.29) is 0 Å². The highest BCUT2D eigenvalue weighted by Crippen LogP contribution is 2.36. The number of hydrogen-bond donors (Lipinski definition) is 1. The molecule has 1 aliphatic carbocycles. The Bertz CT molecular complexity index is 415. The number of anilines is 2. The molecule has 0 spiro atoms. The normalized spacial score (nSPS) is 16.8. The van der Waals surface area contributed by atoms with Gasteiger partial charge in [0.05, 0.1) is 21.4 Å². The van der Waals surface area contributed by atoms with Crippen molar-refractivity contribution >= 4 is 34.6 Å². The Morgan fingerprint density at radius 1 is 1.17 bits per heavy atom. The molecule has 0 saturated heterocycles. The van der Waals surface area contributed by atoms with Crippen LogP contribution in [-0.2, 0) is 0 Å². The molecule has 0 radical (unpaired) electrons. The van der Waals surface area contributed by atoms with Gasteiger partial charge in [0.15, 0.2) is 0 Å². The molecule has 100 valence electrons. The van der Waals surface area contributed by atoms with Crippen LogP contribution in [0.1, 0.15) is 39.0 Å². The van der Waals surface area contributed by atoms with E-state index < -0.39 is 0 Å². The lowest BCUT2D eigenvalue weighted by atomic mass is 9.93. The van der Waals surface area contributed by atoms with Crippen LogP contribution in [0.5, 0.6) is 0 Å². The Morgan fingerprint density at radius 3 is 2.39 bits per heavy atom. The molecular formula is C14H20Cl2N2. The van der Waals surface area contributed by atoms with Crippen LogP contribution in [0, 0.1) is 0 Å². The second-order valence-electron chi connectivity index (χ2n) is 4.90. The predicted octanol–water partition coefficient (Wildman–Crippen LogP) is 4.73. The summed E-state index contributed by atoms with van der Waals surface area (Å²) in [6.45, 7) is 3.11. The van der Waals surface area contributed by atoms with Gasteiger partial charge in [0.25, 0.3) is 0 Å². The summed E-state index contributed by atoms with van der Waals surface area (Å²) < 4.78 is 0. The minimum Gasteiger partial charge on any atom is -0.397 e. The molecule has 1 fully saturated rings. The average Bonchev–Trinajstić information content (AvgIpc) is 2.38. The van der Waals surface area contributed by atoms with Gasteiger partial charge < -0.3 is 10.6 Å². The lowest BCUT2D eigenvalue weighted by Crippen LogP contribution is -2.37. The summed E-state index contributed by atoms with van der Waals surface area (Å²) in [6, 6.07) is 4.24. The van der Waals surface area contributed by atoms with Crippen LogP contribution in [0.15, 0.2) is 12.1 Å². The van der Waals surface area contributed by atoms with E-state index in [0.29, 0.717) is 16.1 Å². The Morgan fingerprint density at radius 2 is 1.78 bits per heavy atom. The Balaban J connectivity index is 2.28. The summed E-state index contributed by atoms with van der Waals surface area (Å²) in [5.74, 6) is 0. The van der Waals surface area contributed by atoms with E-state index in [4.69, 9.17) is 28.9 Å². The van der Waals surface area contributed by atoms with Gasteiger partial charge in [0, 0.05) is 12.6 Å². The number of hydrogen-bond acceptors (Lipinski definition) is 2. The van der Waals surface area contributed by atoms with Gasteiger partial charge in [0.2, 0.25) is 0 Å². The van der Waals surface area contributed by atoms with Gasteiger partial charge in [-0.15, -0.1) is 0 Å². The highest BCUT2D eigenvalue weighted by molar-refractivity contribution is 6.42. The molecule has 1 aromatic rings. The number of benzene rings is 1. The third-order valence-electron chi connectivity index (χ3n) is 3.74. The predicted molar refractivity (Wildman–Crippen MR) is 80.8 cm³/mol. The number of halogens is 2. The van der Waals surface area contributed by atoms with Crippen molar-refractivity contribution in [1.82, 2.24) is 0 Å².